The van der Waals surface area contributed by atoms with Crippen molar-refractivity contribution < 1.29 is 32.3 Å². The molecule has 1 aliphatic heterocycles. The first-order chi connectivity index (χ1) is 21.6. The Kier molecular flexibility index (Phi) is 10.0. The minimum Gasteiger partial charge on any atom is -0.480 e. The zero-order valence-corrected chi connectivity index (χ0v) is 24.8. The fourth-order valence-electron chi connectivity index (χ4n) is 5.10. The number of benzene rings is 3. The number of hydrogen-bond donors (Lipinski definition) is 2. The van der Waals surface area contributed by atoms with Gasteiger partial charge in [0.05, 0.1) is 5.56 Å². The number of aliphatic carboxylic acids is 1. The van der Waals surface area contributed by atoms with Crippen molar-refractivity contribution in [1.82, 2.24) is 15.3 Å². The molecule has 5 rings (SSSR count). The van der Waals surface area contributed by atoms with Gasteiger partial charge < -0.3 is 15.3 Å². The molecule has 12 heteroatoms. The standard InChI is InChI=1S/C33H30F4N4O3S/c34-26-12-8-22(9-13-26)23-14-16-41(17-15-23)29-18-27(38-30(40-29)24-6-10-25(11-7-24)33(35,36)37)31(42)39-28(32(43)44)20-45-19-21-4-2-1-3-5-21/h1-13,18,23,28H,14-17,19-20H2,(H,39,42)(H,43,44). The van der Waals surface area contributed by atoms with Crippen molar-refractivity contribution in [3.05, 3.63) is 113 Å². The first-order valence-electron chi connectivity index (χ1n) is 14.3. The van der Waals surface area contributed by atoms with Gasteiger partial charge in [-0.15, -0.1) is 0 Å². The van der Waals surface area contributed by atoms with Crippen molar-refractivity contribution in [3.8, 4) is 11.4 Å². The highest BCUT2D eigenvalue weighted by Gasteiger charge is 2.30. The Morgan fingerprint density at radius 2 is 1.62 bits per heavy atom. The van der Waals surface area contributed by atoms with E-state index in [0.29, 0.717) is 24.7 Å². The third kappa shape index (κ3) is 8.39. The van der Waals surface area contributed by atoms with Crippen molar-refractivity contribution in [2.75, 3.05) is 23.7 Å². The number of carbonyl (C=O) groups is 2. The van der Waals surface area contributed by atoms with Crippen LogP contribution in [0, 0.1) is 5.82 Å². The summed E-state index contributed by atoms with van der Waals surface area (Å²) in [6.07, 6.45) is -3.06. The number of carbonyl (C=O) groups excluding carboxylic acids is 1. The third-order valence-electron chi connectivity index (χ3n) is 7.58. The van der Waals surface area contributed by atoms with E-state index >= 15 is 0 Å². The summed E-state index contributed by atoms with van der Waals surface area (Å²) in [4.78, 5) is 36.3. The van der Waals surface area contributed by atoms with E-state index in [1.165, 1.54) is 42.1 Å². The van der Waals surface area contributed by atoms with Crippen molar-refractivity contribution >= 4 is 29.5 Å². The van der Waals surface area contributed by atoms with Gasteiger partial charge in [-0.2, -0.15) is 24.9 Å². The minimum atomic E-state index is -4.52. The van der Waals surface area contributed by atoms with Gasteiger partial charge in [0, 0.05) is 36.2 Å². The summed E-state index contributed by atoms with van der Waals surface area (Å²) in [7, 11) is 0. The number of thioether (sulfide) groups is 1. The molecule has 45 heavy (non-hydrogen) atoms. The SMILES string of the molecule is O=C(NC(CSCc1ccccc1)C(=O)O)c1cc(N2CCC(c3ccc(F)cc3)CC2)nc(-c2ccc(C(F)(F)F)cc2)n1. The fraction of sp³-hybridized carbons (Fsp3) is 0.273. The topological polar surface area (TPSA) is 95.4 Å². The Morgan fingerprint density at radius 1 is 0.956 bits per heavy atom. The number of alkyl halides is 3. The molecule has 1 aromatic heterocycles. The number of halogens is 4. The number of carboxylic acids is 1. The Balaban J connectivity index is 1.37. The quantitative estimate of drug-likeness (QED) is 0.185. The number of rotatable bonds is 10. The molecule has 7 nitrogen and oxygen atoms in total. The average Bonchev–Trinajstić information content (AvgIpc) is 3.04. The summed E-state index contributed by atoms with van der Waals surface area (Å²) in [5, 5.41) is 12.3. The van der Waals surface area contributed by atoms with Gasteiger partial charge in [-0.3, -0.25) is 4.79 Å². The Labute approximate surface area is 261 Å². The van der Waals surface area contributed by atoms with E-state index in [9.17, 15) is 32.3 Å². The highest BCUT2D eigenvalue weighted by Crippen LogP contribution is 2.33. The van der Waals surface area contributed by atoms with Crippen LogP contribution >= 0.6 is 11.8 Å². The lowest BCUT2D eigenvalue weighted by atomic mass is 9.89. The molecule has 4 aromatic rings. The number of amides is 1. The molecule has 0 aliphatic carbocycles. The van der Waals surface area contributed by atoms with Gasteiger partial charge in [-0.25, -0.2) is 19.2 Å². The summed E-state index contributed by atoms with van der Waals surface area (Å²) in [6, 6.07) is 20.5. The molecule has 1 amide bonds. The van der Waals surface area contributed by atoms with Crippen molar-refractivity contribution in [2.24, 2.45) is 0 Å². The number of carboxylic acid groups (broad SMARTS) is 1. The maximum absolute atomic E-state index is 13.4. The van der Waals surface area contributed by atoms with Crippen molar-refractivity contribution in [3.63, 3.8) is 0 Å². The van der Waals surface area contributed by atoms with Crippen LogP contribution in [-0.2, 0) is 16.7 Å². The summed E-state index contributed by atoms with van der Waals surface area (Å²) in [5.41, 5.74) is 1.38. The van der Waals surface area contributed by atoms with Gasteiger partial charge in [0.25, 0.3) is 5.91 Å². The van der Waals surface area contributed by atoms with Gasteiger partial charge in [-0.1, -0.05) is 54.6 Å². The van der Waals surface area contributed by atoms with Crippen LogP contribution in [0.2, 0.25) is 0 Å². The van der Waals surface area contributed by atoms with Crippen LogP contribution in [0.15, 0.2) is 84.9 Å². The molecule has 2 heterocycles. The van der Waals surface area contributed by atoms with Crippen molar-refractivity contribution in [2.45, 2.75) is 36.7 Å². The van der Waals surface area contributed by atoms with E-state index in [4.69, 9.17) is 0 Å². The first kappa shape index (κ1) is 32.0. The zero-order chi connectivity index (χ0) is 32.0. The number of nitrogens with zero attached hydrogens (tertiary/aromatic N) is 3. The fourth-order valence-corrected chi connectivity index (χ4v) is 6.11. The third-order valence-corrected chi connectivity index (χ3v) is 8.68. The highest BCUT2D eigenvalue weighted by atomic mass is 32.2. The van der Waals surface area contributed by atoms with Crippen LogP contribution in [0.3, 0.4) is 0 Å². The summed E-state index contributed by atoms with van der Waals surface area (Å²) >= 11 is 1.36. The molecule has 0 radical (unpaired) electrons. The van der Waals surface area contributed by atoms with E-state index in [-0.39, 0.29) is 34.6 Å². The monoisotopic (exact) mass is 638 g/mol. The number of nitrogens with one attached hydrogen (secondary N) is 1. The summed E-state index contributed by atoms with van der Waals surface area (Å²) in [5.74, 6) is -0.944. The molecule has 3 aromatic carbocycles. The van der Waals surface area contributed by atoms with Gasteiger partial charge in [0.15, 0.2) is 5.82 Å². The molecular weight excluding hydrogens is 608 g/mol. The lowest BCUT2D eigenvalue weighted by Gasteiger charge is -2.33. The second-order valence-corrected chi connectivity index (χ2v) is 11.7. The van der Waals surface area contributed by atoms with E-state index in [1.54, 1.807) is 12.1 Å². The average molecular weight is 639 g/mol. The first-order valence-corrected chi connectivity index (χ1v) is 15.4. The maximum Gasteiger partial charge on any atom is 0.416 e. The molecule has 2 N–H and O–H groups in total. The molecule has 0 bridgehead atoms. The molecule has 0 saturated carbocycles. The highest BCUT2D eigenvalue weighted by molar-refractivity contribution is 7.98. The number of piperidine rings is 1. The van der Waals surface area contributed by atoms with Gasteiger partial charge in [0.1, 0.15) is 23.4 Å². The molecule has 1 unspecified atom stereocenters. The largest absolute Gasteiger partial charge is 0.480 e. The zero-order valence-electron chi connectivity index (χ0n) is 24.0. The van der Waals surface area contributed by atoms with Crippen LogP contribution in [0.5, 0.6) is 0 Å². The Morgan fingerprint density at radius 3 is 2.24 bits per heavy atom. The van der Waals surface area contributed by atoms with E-state index in [2.05, 4.69) is 15.3 Å². The second kappa shape index (κ2) is 14.1. The number of aromatic nitrogens is 2. The van der Waals surface area contributed by atoms with Crippen LogP contribution in [0.25, 0.3) is 11.4 Å². The Bertz CT molecular complexity index is 1610. The predicted molar refractivity (Wildman–Crippen MR) is 165 cm³/mol. The number of anilines is 1. The molecule has 1 fully saturated rings. The smallest absolute Gasteiger partial charge is 0.416 e. The van der Waals surface area contributed by atoms with E-state index < -0.39 is 29.7 Å². The summed E-state index contributed by atoms with van der Waals surface area (Å²) in [6.45, 7) is 1.11. The number of hydrogen-bond acceptors (Lipinski definition) is 6. The molecule has 1 saturated heterocycles. The molecule has 1 atom stereocenters. The lowest BCUT2D eigenvalue weighted by Crippen LogP contribution is -2.43. The molecular formula is C33H30F4N4O3S. The second-order valence-electron chi connectivity index (χ2n) is 10.7. The van der Waals surface area contributed by atoms with Gasteiger partial charge in [-0.05, 0) is 54.2 Å². The van der Waals surface area contributed by atoms with Crippen LogP contribution in [-0.4, -0.2) is 51.8 Å². The van der Waals surface area contributed by atoms with Gasteiger partial charge in [0.2, 0.25) is 0 Å². The lowest BCUT2D eigenvalue weighted by molar-refractivity contribution is -0.139. The van der Waals surface area contributed by atoms with Crippen LogP contribution in [0.4, 0.5) is 23.4 Å². The predicted octanol–water partition coefficient (Wildman–Crippen LogP) is 6.80. The van der Waals surface area contributed by atoms with Crippen LogP contribution < -0.4 is 10.2 Å². The minimum absolute atomic E-state index is 0.0392. The molecule has 0 spiro atoms. The summed E-state index contributed by atoms with van der Waals surface area (Å²) < 4.78 is 53.0. The van der Waals surface area contributed by atoms with E-state index in [0.717, 1.165) is 36.1 Å². The van der Waals surface area contributed by atoms with Crippen LogP contribution in [0.1, 0.15) is 45.9 Å². The molecule has 234 valence electrons. The molecule has 1 aliphatic rings. The maximum atomic E-state index is 13.4. The normalized spacial score (nSPS) is 14.6. The Hall–Kier alpha value is -4.45. The van der Waals surface area contributed by atoms with E-state index in [1.807, 2.05) is 35.2 Å². The van der Waals surface area contributed by atoms with Crippen molar-refractivity contribution in [1.29, 1.82) is 0 Å². The van der Waals surface area contributed by atoms with Gasteiger partial charge >= 0.3 is 12.1 Å².